The van der Waals surface area contributed by atoms with E-state index in [1.807, 2.05) is 6.92 Å². The molecule has 5 heteroatoms. The lowest BCUT2D eigenvalue weighted by Gasteiger charge is -2.16. The number of anilines is 1. The summed E-state index contributed by atoms with van der Waals surface area (Å²) < 4.78 is 25.9. The quantitative estimate of drug-likeness (QED) is 0.903. The van der Waals surface area contributed by atoms with Gasteiger partial charge in [-0.1, -0.05) is 17.7 Å². The Morgan fingerprint density at radius 1 is 1.22 bits per heavy atom. The molecule has 0 radical (unpaired) electrons. The van der Waals surface area contributed by atoms with Gasteiger partial charge in [-0.3, -0.25) is 4.98 Å². The average molecular weight is 269 g/mol. The van der Waals surface area contributed by atoms with Crippen molar-refractivity contribution in [3.63, 3.8) is 0 Å². The summed E-state index contributed by atoms with van der Waals surface area (Å²) >= 11 is 5.98. The summed E-state index contributed by atoms with van der Waals surface area (Å²) in [5.41, 5.74) is 1.28. The maximum atomic E-state index is 13.1. The maximum Gasteiger partial charge on any atom is 0.159 e. The van der Waals surface area contributed by atoms with Crippen molar-refractivity contribution < 1.29 is 8.78 Å². The van der Waals surface area contributed by atoms with Crippen LogP contribution in [0.5, 0.6) is 0 Å². The van der Waals surface area contributed by atoms with E-state index in [1.165, 1.54) is 6.07 Å². The van der Waals surface area contributed by atoms with E-state index >= 15 is 0 Å². The summed E-state index contributed by atoms with van der Waals surface area (Å²) in [4.78, 5) is 3.94. The molecule has 1 aromatic heterocycles. The first-order valence-corrected chi connectivity index (χ1v) is 5.76. The van der Waals surface area contributed by atoms with Gasteiger partial charge in [-0.05, 0) is 30.7 Å². The van der Waals surface area contributed by atoms with Gasteiger partial charge in [0.2, 0.25) is 0 Å². The molecule has 94 valence electrons. The Kier molecular flexibility index (Phi) is 3.77. The number of aromatic nitrogens is 1. The van der Waals surface area contributed by atoms with Crippen LogP contribution in [0.3, 0.4) is 0 Å². The van der Waals surface area contributed by atoms with Crippen LogP contribution in [0.1, 0.15) is 18.5 Å². The lowest BCUT2D eigenvalue weighted by atomic mass is 10.1. The molecule has 1 aromatic carbocycles. The van der Waals surface area contributed by atoms with Gasteiger partial charge in [-0.15, -0.1) is 0 Å². The average Bonchev–Trinajstić information content (AvgIpc) is 2.35. The number of pyridine rings is 1. The minimum atomic E-state index is -0.863. The molecule has 0 amide bonds. The Morgan fingerprint density at radius 3 is 2.67 bits per heavy atom. The highest BCUT2D eigenvalue weighted by atomic mass is 35.5. The van der Waals surface area contributed by atoms with Crippen molar-refractivity contribution in [1.29, 1.82) is 0 Å². The fourth-order valence-electron chi connectivity index (χ4n) is 1.58. The van der Waals surface area contributed by atoms with Crippen molar-refractivity contribution in [2.24, 2.45) is 0 Å². The summed E-state index contributed by atoms with van der Waals surface area (Å²) in [6.45, 7) is 1.83. The van der Waals surface area contributed by atoms with Crippen LogP contribution in [0.25, 0.3) is 0 Å². The molecule has 2 aromatic rings. The highest BCUT2D eigenvalue weighted by Gasteiger charge is 2.10. The van der Waals surface area contributed by atoms with Crippen LogP contribution < -0.4 is 5.32 Å². The van der Waals surface area contributed by atoms with E-state index < -0.39 is 11.6 Å². The minimum Gasteiger partial charge on any atom is -0.376 e. The molecule has 2 rings (SSSR count). The monoisotopic (exact) mass is 268 g/mol. The number of rotatable bonds is 3. The SMILES string of the molecule is CC(Nc1cnccc1Cl)c1ccc(F)c(F)c1. The van der Waals surface area contributed by atoms with E-state index in [1.54, 1.807) is 18.5 Å². The topological polar surface area (TPSA) is 24.9 Å². The number of benzene rings is 1. The molecule has 0 saturated carbocycles. The third-order valence-corrected chi connectivity index (χ3v) is 2.91. The second-order valence-corrected chi connectivity index (χ2v) is 4.30. The van der Waals surface area contributed by atoms with Gasteiger partial charge in [0.1, 0.15) is 0 Å². The largest absolute Gasteiger partial charge is 0.376 e. The molecule has 1 unspecified atom stereocenters. The van der Waals surface area contributed by atoms with E-state index in [0.717, 1.165) is 12.1 Å². The van der Waals surface area contributed by atoms with E-state index in [4.69, 9.17) is 11.6 Å². The van der Waals surface area contributed by atoms with Crippen molar-refractivity contribution in [2.75, 3.05) is 5.32 Å². The first-order valence-electron chi connectivity index (χ1n) is 5.39. The zero-order chi connectivity index (χ0) is 13.1. The second kappa shape index (κ2) is 5.31. The van der Waals surface area contributed by atoms with Crippen molar-refractivity contribution in [3.05, 3.63) is 58.9 Å². The standard InChI is InChI=1S/C13H11ClF2N2/c1-8(9-2-3-11(15)12(16)6-9)18-13-7-17-5-4-10(13)14/h2-8,18H,1H3. The normalized spacial score (nSPS) is 12.2. The number of hydrogen-bond acceptors (Lipinski definition) is 2. The van der Waals surface area contributed by atoms with E-state index in [9.17, 15) is 8.78 Å². The zero-order valence-electron chi connectivity index (χ0n) is 9.62. The molecule has 1 N–H and O–H groups in total. The first-order chi connectivity index (χ1) is 8.58. The summed E-state index contributed by atoms with van der Waals surface area (Å²) in [6, 6.07) is 5.24. The molecule has 0 spiro atoms. The smallest absolute Gasteiger partial charge is 0.159 e. The molecule has 0 fully saturated rings. The lowest BCUT2D eigenvalue weighted by Crippen LogP contribution is -2.07. The number of nitrogens with zero attached hydrogens (tertiary/aromatic N) is 1. The first kappa shape index (κ1) is 12.8. The Hall–Kier alpha value is -1.68. The number of hydrogen-bond donors (Lipinski definition) is 1. The maximum absolute atomic E-state index is 13.1. The molecular formula is C13H11ClF2N2. The molecule has 0 aliphatic rings. The summed E-state index contributed by atoms with van der Waals surface area (Å²) in [5.74, 6) is -1.72. The highest BCUT2D eigenvalue weighted by molar-refractivity contribution is 6.33. The zero-order valence-corrected chi connectivity index (χ0v) is 10.4. The van der Waals surface area contributed by atoms with Crippen LogP contribution in [-0.2, 0) is 0 Å². The van der Waals surface area contributed by atoms with Crippen molar-refractivity contribution in [3.8, 4) is 0 Å². The van der Waals surface area contributed by atoms with E-state index in [2.05, 4.69) is 10.3 Å². The molecule has 1 heterocycles. The third-order valence-electron chi connectivity index (χ3n) is 2.58. The summed E-state index contributed by atoms with van der Waals surface area (Å²) in [5, 5.41) is 3.62. The second-order valence-electron chi connectivity index (χ2n) is 3.90. The van der Waals surface area contributed by atoms with E-state index in [0.29, 0.717) is 16.3 Å². The predicted molar refractivity (Wildman–Crippen MR) is 67.6 cm³/mol. The molecule has 18 heavy (non-hydrogen) atoms. The van der Waals surface area contributed by atoms with Crippen LogP contribution in [-0.4, -0.2) is 4.98 Å². The molecule has 2 nitrogen and oxygen atoms in total. The van der Waals surface area contributed by atoms with Gasteiger partial charge >= 0.3 is 0 Å². The van der Waals surface area contributed by atoms with Crippen molar-refractivity contribution >= 4 is 17.3 Å². The van der Waals surface area contributed by atoms with Gasteiger partial charge in [0.05, 0.1) is 16.9 Å². The summed E-state index contributed by atoms with van der Waals surface area (Å²) in [7, 11) is 0. The van der Waals surface area contributed by atoms with Crippen LogP contribution in [0.2, 0.25) is 5.02 Å². The van der Waals surface area contributed by atoms with E-state index in [-0.39, 0.29) is 6.04 Å². The van der Waals surface area contributed by atoms with Gasteiger partial charge < -0.3 is 5.32 Å². The van der Waals surface area contributed by atoms with Crippen LogP contribution >= 0.6 is 11.6 Å². The Balaban J connectivity index is 2.19. The van der Waals surface area contributed by atoms with Crippen LogP contribution in [0, 0.1) is 11.6 Å². The number of nitrogens with one attached hydrogen (secondary N) is 1. The van der Waals surface area contributed by atoms with Gasteiger partial charge in [0, 0.05) is 12.2 Å². The van der Waals surface area contributed by atoms with Crippen molar-refractivity contribution in [2.45, 2.75) is 13.0 Å². The third kappa shape index (κ3) is 2.76. The fraction of sp³-hybridized carbons (Fsp3) is 0.154. The van der Waals surface area contributed by atoms with Crippen LogP contribution in [0.15, 0.2) is 36.7 Å². The predicted octanol–water partition coefficient (Wildman–Crippen LogP) is 4.19. The minimum absolute atomic E-state index is 0.207. The summed E-state index contributed by atoms with van der Waals surface area (Å²) in [6.07, 6.45) is 3.16. The molecule has 0 aliphatic heterocycles. The van der Waals surface area contributed by atoms with Gasteiger partial charge in [-0.2, -0.15) is 0 Å². The van der Waals surface area contributed by atoms with Gasteiger partial charge in [-0.25, -0.2) is 8.78 Å². The molecule has 1 atom stereocenters. The Morgan fingerprint density at radius 2 is 2.00 bits per heavy atom. The Labute approximate surface area is 109 Å². The van der Waals surface area contributed by atoms with Crippen LogP contribution in [0.4, 0.5) is 14.5 Å². The molecule has 0 bridgehead atoms. The van der Waals surface area contributed by atoms with Gasteiger partial charge in [0.15, 0.2) is 11.6 Å². The number of halogens is 3. The van der Waals surface area contributed by atoms with Crippen molar-refractivity contribution in [1.82, 2.24) is 4.98 Å². The molecule has 0 saturated heterocycles. The fourth-order valence-corrected chi connectivity index (χ4v) is 1.74. The Bertz CT molecular complexity index is 560. The van der Waals surface area contributed by atoms with Gasteiger partial charge in [0.25, 0.3) is 0 Å². The molecule has 0 aliphatic carbocycles. The highest BCUT2D eigenvalue weighted by Crippen LogP contribution is 2.25. The lowest BCUT2D eigenvalue weighted by molar-refractivity contribution is 0.506. The molecular weight excluding hydrogens is 258 g/mol.